The van der Waals surface area contributed by atoms with Crippen LogP contribution in [0.15, 0.2) is 60.7 Å². The predicted molar refractivity (Wildman–Crippen MR) is 129 cm³/mol. The number of hydrogen-bond acceptors (Lipinski definition) is 3. The van der Waals surface area contributed by atoms with Gasteiger partial charge in [0, 0.05) is 36.6 Å². The number of carbonyl (C=O) groups excluding carboxylic acids is 1. The molecule has 164 valence electrons. The summed E-state index contributed by atoms with van der Waals surface area (Å²) in [6, 6.07) is 20.3. The standard InChI is InChI=1S/C25H27ClN2O2.ClH/c26-21-11-8-19(9-12-21)18-30-24-13-10-20-5-1-2-6-22(20)23(24)17-27-14-4-16-28-15-3-7-25(28)29;/h1-2,5-6,8-13,27H,3-4,7,14-18H2;1H. The number of amides is 1. The largest absolute Gasteiger partial charge is 0.489 e. The van der Waals surface area contributed by atoms with Crippen molar-refractivity contribution in [1.82, 2.24) is 10.2 Å². The van der Waals surface area contributed by atoms with Crippen molar-refractivity contribution in [2.45, 2.75) is 32.4 Å². The third-order valence-electron chi connectivity index (χ3n) is 5.56. The van der Waals surface area contributed by atoms with Crippen molar-refractivity contribution in [3.8, 4) is 5.75 Å². The molecule has 3 aromatic carbocycles. The maximum absolute atomic E-state index is 11.7. The van der Waals surface area contributed by atoms with E-state index in [2.05, 4.69) is 41.7 Å². The minimum absolute atomic E-state index is 0. The lowest BCUT2D eigenvalue weighted by atomic mass is 10.0. The molecule has 0 saturated carbocycles. The van der Waals surface area contributed by atoms with Crippen LogP contribution in [0.3, 0.4) is 0 Å². The van der Waals surface area contributed by atoms with Crippen molar-refractivity contribution >= 4 is 40.7 Å². The molecule has 1 aliphatic rings. The van der Waals surface area contributed by atoms with Crippen LogP contribution in [0.2, 0.25) is 5.02 Å². The molecule has 1 heterocycles. The average molecular weight is 459 g/mol. The second-order valence-corrected chi connectivity index (χ2v) is 8.13. The van der Waals surface area contributed by atoms with Crippen LogP contribution in [0.1, 0.15) is 30.4 Å². The molecule has 0 atom stereocenters. The van der Waals surface area contributed by atoms with Crippen molar-refractivity contribution in [2.75, 3.05) is 19.6 Å². The predicted octanol–water partition coefficient (Wildman–Crippen LogP) is 5.60. The summed E-state index contributed by atoms with van der Waals surface area (Å²) in [4.78, 5) is 13.7. The third-order valence-corrected chi connectivity index (χ3v) is 5.81. The molecule has 4 rings (SSSR count). The highest BCUT2D eigenvalue weighted by Gasteiger charge is 2.19. The van der Waals surface area contributed by atoms with Gasteiger partial charge in [-0.2, -0.15) is 0 Å². The summed E-state index contributed by atoms with van der Waals surface area (Å²) in [7, 11) is 0. The lowest BCUT2D eigenvalue weighted by molar-refractivity contribution is -0.127. The number of halogens is 2. The number of hydrogen-bond donors (Lipinski definition) is 1. The average Bonchev–Trinajstić information content (AvgIpc) is 3.18. The molecular formula is C25H28Cl2N2O2. The fourth-order valence-electron chi connectivity index (χ4n) is 3.92. The van der Waals surface area contributed by atoms with Gasteiger partial charge in [0.2, 0.25) is 5.91 Å². The van der Waals surface area contributed by atoms with Crippen LogP contribution in [0.25, 0.3) is 10.8 Å². The Morgan fingerprint density at radius 1 is 1.03 bits per heavy atom. The van der Waals surface area contributed by atoms with Crippen molar-refractivity contribution in [3.63, 3.8) is 0 Å². The minimum Gasteiger partial charge on any atom is -0.489 e. The van der Waals surface area contributed by atoms with E-state index in [0.29, 0.717) is 18.9 Å². The number of nitrogens with one attached hydrogen (secondary N) is 1. The summed E-state index contributed by atoms with van der Waals surface area (Å²) in [5.41, 5.74) is 2.25. The minimum atomic E-state index is 0. The molecule has 1 amide bonds. The number of rotatable bonds is 9. The first-order valence-corrected chi connectivity index (χ1v) is 10.9. The van der Waals surface area contributed by atoms with Gasteiger partial charge in [0.15, 0.2) is 0 Å². The van der Waals surface area contributed by atoms with Crippen molar-refractivity contribution in [3.05, 3.63) is 76.8 Å². The van der Waals surface area contributed by atoms with E-state index in [1.54, 1.807) is 0 Å². The van der Waals surface area contributed by atoms with Gasteiger partial charge in [-0.15, -0.1) is 12.4 Å². The molecule has 0 unspecified atom stereocenters. The molecule has 0 aromatic heterocycles. The van der Waals surface area contributed by atoms with Crippen molar-refractivity contribution < 1.29 is 9.53 Å². The molecular weight excluding hydrogens is 431 g/mol. The zero-order valence-corrected chi connectivity index (χ0v) is 19.1. The van der Waals surface area contributed by atoms with Crippen LogP contribution >= 0.6 is 24.0 Å². The van der Waals surface area contributed by atoms with Crippen molar-refractivity contribution in [2.24, 2.45) is 0 Å². The van der Waals surface area contributed by atoms with E-state index in [-0.39, 0.29) is 12.4 Å². The van der Waals surface area contributed by atoms with Crippen LogP contribution in [-0.2, 0) is 17.9 Å². The molecule has 1 aliphatic heterocycles. The number of nitrogens with zero attached hydrogens (tertiary/aromatic N) is 1. The van der Waals surface area contributed by atoms with Gasteiger partial charge in [-0.25, -0.2) is 0 Å². The smallest absolute Gasteiger partial charge is 0.222 e. The molecule has 6 heteroatoms. The van der Waals surface area contributed by atoms with E-state index in [9.17, 15) is 4.79 Å². The van der Waals surface area contributed by atoms with E-state index < -0.39 is 0 Å². The topological polar surface area (TPSA) is 41.6 Å². The van der Waals surface area contributed by atoms with Gasteiger partial charge >= 0.3 is 0 Å². The number of ether oxygens (including phenoxy) is 1. The number of fused-ring (bicyclic) bond motifs is 1. The van der Waals surface area contributed by atoms with E-state index >= 15 is 0 Å². The quantitative estimate of drug-likeness (QED) is 0.424. The second-order valence-electron chi connectivity index (χ2n) is 7.69. The molecule has 0 bridgehead atoms. The number of likely N-dealkylation sites (tertiary alicyclic amines) is 1. The van der Waals surface area contributed by atoms with Crippen LogP contribution in [0, 0.1) is 0 Å². The van der Waals surface area contributed by atoms with Gasteiger partial charge in [-0.3, -0.25) is 4.79 Å². The van der Waals surface area contributed by atoms with Gasteiger partial charge in [0.1, 0.15) is 12.4 Å². The molecule has 1 saturated heterocycles. The summed E-state index contributed by atoms with van der Waals surface area (Å²) in [5, 5.41) is 6.68. The van der Waals surface area contributed by atoms with Crippen LogP contribution < -0.4 is 10.1 Å². The monoisotopic (exact) mass is 458 g/mol. The number of benzene rings is 3. The Bertz CT molecular complexity index is 1010. The number of carbonyl (C=O) groups is 1. The Kier molecular flexibility index (Phi) is 8.59. The van der Waals surface area contributed by atoms with Gasteiger partial charge in [0.25, 0.3) is 0 Å². The summed E-state index contributed by atoms with van der Waals surface area (Å²) in [5.74, 6) is 1.19. The molecule has 0 radical (unpaired) electrons. The summed E-state index contributed by atoms with van der Waals surface area (Å²) < 4.78 is 6.19. The summed E-state index contributed by atoms with van der Waals surface area (Å²) in [6.07, 6.45) is 2.66. The maximum atomic E-state index is 11.7. The highest BCUT2D eigenvalue weighted by molar-refractivity contribution is 6.30. The zero-order valence-electron chi connectivity index (χ0n) is 17.5. The molecule has 1 N–H and O–H groups in total. The lowest BCUT2D eigenvalue weighted by Gasteiger charge is -2.17. The van der Waals surface area contributed by atoms with Gasteiger partial charge in [0.05, 0.1) is 0 Å². The fraction of sp³-hybridized carbons (Fsp3) is 0.320. The molecule has 0 aliphatic carbocycles. The molecule has 3 aromatic rings. The zero-order chi connectivity index (χ0) is 20.8. The summed E-state index contributed by atoms with van der Waals surface area (Å²) >= 11 is 5.98. The van der Waals surface area contributed by atoms with Crippen LogP contribution in [0.5, 0.6) is 5.75 Å². The van der Waals surface area contributed by atoms with Crippen LogP contribution in [0.4, 0.5) is 0 Å². The van der Waals surface area contributed by atoms with Crippen LogP contribution in [-0.4, -0.2) is 30.4 Å². The molecule has 4 nitrogen and oxygen atoms in total. The first-order chi connectivity index (χ1) is 14.7. The SMILES string of the molecule is Cl.O=C1CCCN1CCCNCc1c(OCc2ccc(Cl)cc2)ccc2ccccc12. The Balaban J connectivity index is 0.00000272. The highest BCUT2D eigenvalue weighted by atomic mass is 35.5. The first-order valence-electron chi connectivity index (χ1n) is 10.6. The summed E-state index contributed by atoms with van der Waals surface area (Å²) in [6.45, 7) is 3.83. The highest BCUT2D eigenvalue weighted by Crippen LogP contribution is 2.29. The first kappa shape index (κ1) is 23.4. The van der Waals surface area contributed by atoms with E-state index in [4.69, 9.17) is 16.3 Å². The second kappa shape index (κ2) is 11.4. The van der Waals surface area contributed by atoms with Gasteiger partial charge in [-0.05, 0) is 53.9 Å². The van der Waals surface area contributed by atoms with Crippen molar-refractivity contribution in [1.29, 1.82) is 0 Å². The molecule has 0 spiro atoms. The van der Waals surface area contributed by atoms with Gasteiger partial charge in [-0.1, -0.05) is 54.1 Å². The lowest BCUT2D eigenvalue weighted by Crippen LogP contribution is -2.28. The third kappa shape index (κ3) is 6.13. The molecule has 1 fully saturated rings. The van der Waals surface area contributed by atoms with E-state index in [1.165, 1.54) is 16.3 Å². The van der Waals surface area contributed by atoms with E-state index in [0.717, 1.165) is 55.4 Å². The fourth-order valence-corrected chi connectivity index (χ4v) is 4.05. The molecule has 31 heavy (non-hydrogen) atoms. The normalized spacial score (nSPS) is 13.5. The Morgan fingerprint density at radius 2 is 1.84 bits per heavy atom. The maximum Gasteiger partial charge on any atom is 0.222 e. The Morgan fingerprint density at radius 3 is 2.61 bits per heavy atom. The Hall–Kier alpha value is -2.27. The Labute approximate surface area is 194 Å². The van der Waals surface area contributed by atoms with Gasteiger partial charge < -0.3 is 15.0 Å². The van der Waals surface area contributed by atoms with E-state index in [1.807, 2.05) is 29.2 Å².